The Labute approximate surface area is 231 Å². The van der Waals surface area contributed by atoms with Crippen LogP contribution < -0.4 is 9.47 Å². The maximum absolute atomic E-state index is 9.33. The third-order valence-corrected chi connectivity index (χ3v) is 7.55. The first-order chi connectivity index (χ1) is 18.9. The molecule has 202 valence electrons. The van der Waals surface area contributed by atoms with Crippen LogP contribution in [-0.2, 0) is 6.42 Å². The van der Waals surface area contributed by atoms with Gasteiger partial charge in [0.05, 0.1) is 13.2 Å². The molecule has 1 aliphatic carbocycles. The van der Waals surface area contributed by atoms with Gasteiger partial charge in [-0.1, -0.05) is 76.2 Å². The summed E-state index contributed by atoms with van der Waals surface area (Å²) in [7, 11) is 0. The maximum Gasteiger partial charge on any atom is 0.122 e. The van der Waals surface area contributed by atoms with E-state index in [1.807, 2.05) is 6.07 Å². The van der Waals surface area contributed by atoms with Crippen LogP contribution in [0.25, 0.3) is 33.4 Å². The van der Waals surface area contributed by atoms with Crippen molar-refractivity contribution in [2.24, 2.45) is 0 Å². The Morgan fingerprint density at radius 3 is 1.82 bits per heavy atom. The predicted molar refractivity (Wildman–Crippen MR) is 159 cm³/mol. The molecule has 39 heavy (non-hydrogen) atoms. The SMILES string of the molecule is CC(C)c1cc(-c2ccc3c(c2-c2ccc(OCCO)c(C(C)C)c2)Cc2ccccc2-3)ccc1OCCO. The second-order valence-corrected chi connectivity index (χ2v) is 10.8. The summed E-state index contributed by atoms with van der Waals surface area (Å²) in [5.41, 5.74) is 12.3. The highest BCUT2D eigenvalue weighted by Gasteiger charge is 2.25. The lowest BCUT2D eigenvalue weighted by Crippen LogP contribution is -2.05. The highest BCUT2D eigenvalue weighted by Crippen LogP contribution is 2.47. The first kappa shape index (κ1) is 27.0. The fourth-order valence-corrected chi connectivity index (χ4v) is 5.68. The topological polar surface area (TPSA) is 58.9 Å². The molecule has 4 nitrogen and oxygen atoms in total. The highest BCUT2D eigenvalue weighted by atomic mass is 16.5. The van der Waals surface area contributed by atoms with Crippen molar-refractivity contribution in [3.05, 3.63) is 95.1 Å². The van der Waals surface area contributed by atoms with E-state index in [-0.39, 0.29) is 38.3 Å². The minimum atomic E-state index is -0.00984. The van der Waals surface area contributed by atoms with Gasteiger partial charge in [-0.2, -0.15) is 0 Å². The molecular formula is C35H38O4. The molecule has 0 bridgehead atoms. The first-order valence-corrected chi connectivity index (χ1v) is 13.9. The summed E-state index contributed by atoms with van der Waals surface area (Å²) in [5, 5.41) is 18.6. The van der Waals surface area contributed by atoms with Crippen LogP contribution in [0.2, 0.25) is 0 Å². The monoisotopic (exact) mass is 522 g/mol. The second kappa shape index (κ2) is 11.6. The zero-order valence-corrected chi connectivity index (χ0v) is 23.3. The number of hydrogen-bond donors (Lipinski definition) is 2. The van der Waals surface area contributed by atoms with Crippen LogP contribution in [0.3, 0.4) is 0 Å². The van der Waals surface area contributed by atoms with Crippen molar-refractivity contribution >= 4 is 0 Å². The van der Waals surface area contributed by atoms with E-state index in [9.17, 15) is 10.2 Å². The number of rotatable bonds is 10. The fraction of sp³-hybridized carbons (Fsp3) is 0.314. The zero-order valence-electron chi connectivity index (χ0n) is 23.3. The quantitative estimate of drug-likeness (QED) is 0.198. The summed E-state index contributed by atoms with van der Waals surface area (Å²) >= 11 is 0. The number of aliphatic hydroxyl groups is 2. The van der Waals surface area contributed by atoms with Crippen molar-refractivity contribution in [1.82, 2.24) is 0 Å². The number of hydrogen-bond acceptors (Lipinski definition) is 4. The lowest BCUT2D eigenvalue weighted by Gasteiger charge is -2.21. The van der Waals surface area contributed by atoms with Crippen molar-refractivity contribution in [2.75, 3.05) is 26.4 Å². The van der Waals surface area contributed by atoms with Gasteiger partial charge in [-0.25, -0.2) is 0 Å². The Bertz CT molecular complexity index is 1470. The second-order valence-electron chi connectivity index (χ2n) is 10.8. The summed E-state index contributed by atoms with van der Waals surface area (Å²) in [6.45, 7) is 9.24. The van der Waals surface area contributed by atoms with Gasteiger partial charge >= 0.3 is 0 Å². The molecule has 0 saturated carbocycles. The van der Waals surface area contributed by atoms with Crippen LogP contribution in [0.15, 0.2) is 72.8 Å². The van der Waals surface area contributed by atoms with Gasteiger partial charge in [-0.15, -0.1) is 0 Å². The van der Waals surface area contributed by atoms with Crippen molar-refractivity contribution < 1.29 is 19.7 Å². The molecule has 4 aromatic rings. The Balaban J connectivity index is 1.72. The smallest absolute Gasteiger partial charge is 0.122 e. The van der Waals surface area contributed by atoms with Gasteiger partial charge in [-0.3, -0.25) is 0 Å². The minimum absolute atomic E-state index is 0.00891. The predicted octanol–water partition coefficient (Wildman–Crippen LogP) is 7.58. The van der Waals surface area contributed by atoms with Gasteiger partial charge in [0.2, 0.25) is 0 Å². The zero-order chi connectivity index (χ0) is 27.5. The van der Waals surface area contributed by atoms with Crippen LogP contribution in [0, 0.1) is 0 Å². The lowest BCUT2D eigenvalue weighted by atomic mass is 9.85. The van der Waals surface area contributed by atoms with Gasteiger partial charge in [0.25, 0.3) is 0 Å². The molecule has 1 aliphatic rings. The normalized spacial score (nSPS) is 12.1. The molecule has 0 aromatic heterocycles. The Hall–Kier alpha value is -3.60. The van der Waals surface area contributed by atoms with Crippen molar-refractivity contribution in [3.8, 4) is 44.9 Å². The Kier molecular flexibility index (Phi) is 8.06. The molecule has 5 rings (SSSR count). The number of ether oxygens (including phenoxy) is 2. The third kappa shape index (κ3) is 5.32. The van der Waals surface area contributed by atoms with E-state index in [2.05, 4.69) is 94.4 Å². The molecule has 2 N–H and O–H groups in total. The van der Waals surface area contributed by atoms with Crippen molar-refractivity contribution in [1.29, 1.82) is 0 Å². The van der Waals surface area contributed by atoms with E-state index < -0.39 is 0 Å². The molecule has 0 unspecified atom stereocenters. The van der Waals surface area contributed by atoms with Crippen LogP contribution in [0.4, 0.5) is 0 Å². The molecule has 0 fully saturated rings. The van der Waals surface area contributed by atoms with Crippen LogP contribution in [0.5, 0.6) is 11.5 Å². The molecule has 0 heterocycles. The fourth-order valence-electron chi connectivity index (χ4n) is 5.68. The van der Waals surface area contributed by atoms with E-state index in [0.29, 0.717) is 0 Å². The van der Waals surface area contributed by atoms with Crippen LogP contribution >= 0.6 is 0 Å². The Morgan fingerprint density at radius 1 is 0.641 bits per heavy atom. The summed E-state index contributed by atoms with van der Waals surface area (Å²) in [6, 6.07) is 26.1. The molecule has 0 aliphatic heterocycles. The largest absolute Gasteiger partial charge is 0.491 e. The van der Waals surface area contributed by atoms with Gasteiger partial charge in [0.15, 0.2) is 0 Å². The molecule has 4 aromatic carbocycles. The molecule has 0 atom stereocenters. The first-order valence-electron chi connectivity index (χ1n) is 13.9. The Morgan fingerprint density at radius 2 is 1.21 bits per heavy atom. The van der Waals surface area contributed by atoms with Gasteiger partial charge < -0.3 is 19.7 Å². The summed E-state index contributed by atoms with van der Waals surface area (Å²) in [4.78, 5) is 0. The molecule has 0 radical (unpaired) electrons. The van der Waals surface area contributed by atoms with Crippen molar-refractivity contribution in [2.45, 2.75) is 46.0 Å². The van der Waals surface area contributed by atoms with E-state index in [0.717, 1.165) is 34.6 Å². The van der Waals surface area contributed by atoms with E-state index in [1.54, 1.807) is 0 Å². The number of aliphatic hydroxyl groups excluding tert-OH is 2. The van der Waals surface area contributed by atoms with Gasteiger partial charge in [0.1, 0.15) is 24.7 Å². The van der Waals surface area contributed by atoms with E-state index >= 15 is 0 Å². The lowest BCUT2D eigenvalue weighted by molar-refractivity contribution is 0.200. The van der Waals surface area contributed by atoms with E-state index in [1.165, 1.54) is 38.9 Å². The number of benzene rings is 4. The third-order valence-electron chi connectivity index (χ3n) is 7.55. The maximum atomic E-state index is 9.33. The molecule has 0 saturated heterocycles. The summed E-state index contributed by atoms with van der Waals surface area (Å²) in [5.74, 6) is 2.20. The van der Waals surface area contributed by atoms with E-state index in [4.69, 9.17) is 9.47 Å². The molecule has 4 heteroatoms. The van der Waals surface area contributed by atoms with Crippen LogP contribution in [0.1, 0.15) is 61.8 Å². The standard InChI is InChI=1S/C35H38O4/c1-22(2)30-19-25(9-13-33(30)38-17-15-36)28-11-12-29-27-8-6-5-7-24(27)20-32(29)35(28)26-10-14-34(39-18-16-37)31(21-26)23(3)4/h5-14,19,21-23,36-37H,15-18,20H2,1-4H3. The van der Waals surface area contributed by atoms with Gasteiger partial charge in [0, 0.05) is 0 Å². The minimum Gasteiger partial charge on any atom is -0.491 e. The van der Waals surface area contributed by atoms with Gasteiger partial charge in [-0.05, 0) is 98.2 Å². The van der Waals surface area contributed by atoms with Crippen molar-refractivity contribution in [3.63, 3.8) is 0 Å². The molecule has 0 amide bonds. The summed E-state index contributed by atoms with van der Waals surface area (Å²) in [6.07, 6.45) is 0.892. The average molecular weight is 523 g/mol. The average Bonchev–Trinajstić information content (AvgIpc) is 3.33. The molecule has 0 spiro atoms. The molecular weight excluding hydrogens is 484 g/mol. The van der Waals surface area contributed by atoms with Crippen LogP contribution in [-0.4, -0.2) is 36.6 Å². The summed E-state index contributed by atoms with van der Waals surface area (Å²) < 4.78 is 11.8. The number of fused-ring (bicyclic) bond motifs is 3. The highest BCUT2D eigenvalue weighted by molar-refractivity contribution is 5.94.